The maximum atomic E-state index is 5.87. The minimum absolute atomic E-state index is 0.365. The number of pyridine rings is 1. The standard InChI is InChI=1S/C16H20N4O/c1-3-12-8-9-18-14(10-12)11-19-16(17)20-13-4-6-15(21-2)7-5-13/h4-10H,3,11H2,1-2H3,(H3,17,19,20). The van der Waals surface area contributed by atoms with Gasteiger partial charge >= 0.3 is 0 Å². The van der Waals surface area contributed by atoms with Crippen molar-refractivity contribution in [3.63, 3.8) is 0 Å². The lowest BCUT2D eigenvalue weighted by Crippen LogP contribution is -2.22. The number of hydrogen-bond donors (Lipinski definition) is 2. The molecule has 21 heavy (non-hydrogen) atoms. The normalized spacial score (nSPS) is 11.2. The maximum Gasteiger partial charge on any atom is 0.193 e. The minimum atomic E-state index is 0.365. The Bertz CT molecular complexity index is 608. The first-order valence-corrected chi connectivity index (χ1v) is 6.86. The predicted molar refractivity (Wildman–Crippen MR) is 85.6 cm³/mol. The highest BCUT2D eigenvalue weighted by atomic mass is 16.5. The quantitative estimate of drug-likeness (QED) is 0.654. The molecule has 2 aromatic rings. The van der Waals surface area contributed by atoms with Crippen LogP contribution < -0.4 is 15.8 Å². The summed E-state index contributed by atoms with van der Waals surface area (Å²) in [4.78, 5) is 8.58. The van der Waals surface area contributed by atoms with E-state index >= 15 is 0 Å². The van der Waals surface area contributed by atoms with Gasteiger partial charge in [-0.25, -0.2) is 4.99 Å². The highest BCUT2D eigenvalue weighted by Gasteiger charge is 1.98. The summed E-state index contributed by atoms with van der Waals surface area (Å²) in [6, 6.07) is 11.6. The van der Waals surface area contributed by atoms with Gasteiger partial charge in [-0.2, -0.15) is 0 Å². The number of nitrogens with one attached hydrogen (secondary N) is 1. The number of rotatable bonds is 5. The van der Waals surface area contributed by atoms with Gasteiger partial charge in [-0.05, 0) is 48.4 Å². The van der Waals surface area contributed by atoms with Crippen LogP contribution in [0.2, 0.25) is 0 Å². The Morgan fingerprint density at radius 1 is 1.29 bits per heavy atom. The molecule has 0 spiro atoms. The van der Waals surface area contributed by atoms with E-state index in [-0.39, 0.29) is 0 Å². The molecule has 0 fully saturated rings. The van der Waals surface area contributed by atoms with Gasteiger partial charge in [0.25, 0.3) is 0 Å². The molecule has 2 rings (SSSR count). The fraction of sp³-hybridized carbons (Fsp3) is 0.250. The van der Waals surface area contributed by atoms with Crippen LogP contribution in [0.5, 0.6) is 5.75 Å². The number of ether oxygens (including phenoxy) is 1. The van der Waals surface area contributed by atoms with Gasteiger partial charge in [0, 0.05) is 11.9 Å². The number of nitrogens with zero attached hydrogens (tertiary/aromatic N) is 2. The second-order valence-electron chi connectivity index (χ2n) is 4.56. The van der Waals surface area contributed by atoms with E-state index in [4.69, 9.17) is 10.5 Å². The van der Waals surface area contributed by atoms with Crippen molar-refractivity contribution in [3.05, 3.63) is 53.9 Å². The molecule has 110 valence electrons. The lowest BCUT2D eigenvalue weighted by molar-refractivity contribution is 0.415. The Kier molecular flexibility index (Phi) is 5.15. The van der Waals surface area contributed by atoms with E-state index in [2.05, 4.69) is 22.2 Å². The fourth-order valence-corrected chi connectivity index (χ4v) is 1.86. The molecule has 0 aliphatic rings. The molecule has 0 bridgehead atoms. The van der Waals surface area contributed by atoms with E-state index in [1.165, 1.54) is 5.56 Å². The monoisotopic (exact) mass is 284 g/mol. The fourth-order valence-electron chi connectivity index (χ4n) is 1.86. The lowest BCUT2D eigenvalue weighted by Gasteiger charge is -2.07. The zero-order valence-electron chi connectivity index (χ0n) is 12.3. The number of benzene rings is 1. The lowest BCUT2D eigenvalue weighted by atomic mass is 10.2. The molecule has 0 aliphatic carbocycles. The topological polar surface area (TPSA) is 72.5 Å². The molecule has 3 N–H and O–H groups in total. The van der Waals surface area contributed by atoms with E-state index < -0.39 is 0 Å². The summed E-state index contributed by atoms with van der Waals surface area (Å²) in [7, 11) is 1.63. The molecule has 0 saturated heterocycles. The summed E-state index contributed by atoms with van der Waals surface area (Å²) in [6.45, 7) is 2.57. The number of nitrogens with two attached hydrogens (primary N) is 1. The minimum Gasteiger partial charge on any atom is -0.497 e. The van der Waals surface area contributed by atoms with E-state index in [1.54, 1.807) is 13.3 Å². The van der Waals surface area contributed by atoms with Crippen molar-refractivity contribution in [1.29, 1.82) is 0 Å². The first-order chi connectivity index (χ1) is 10.2. The van der Waals surface area contributed by atoms with Crippen molar-refractivity contribution in [1.82, 2.24) is 4.98 Å². The largest absolute Gasteiger partial charge is 0.497 e. The molecule has 0 aliphatic heterocycles. The Morgan fingerprint density at radius 2 is 2.05 bits per heavy atom. The summed E-state index contributed by atoms with van der Waals surface area (Å²) in [5.74, 6) is 1.17. The van der Waals surface area contributed by atoms with E-state index in [0.717, 1.165) is 23.6 Å². The Balaban J connectivity index is 1.96. The molecule has 0 unspecified atom stereocenters. The van der Waals surface area contributed by atoms with Crippen LogP contribution in [0.15, 0.2) is 47.6 Å². The van der Waals surface area contributed by atoms with Crippen molar-refractivity contribution in [2.45, 2.75) is 19.9 Å². The van der Waals surface area contributed by atoms with Gasteiger partial charge < -0.3 is 15.8 Å². The number of aryl methyl sites for hydroxylation is 1. The maximum absolute atomic E-state index is 5.87. The van der Waals surface area contributed by atoms with E-state index in [1.807, 2.05) is 36.4 Å². The second-order valence-corrected chi connectivity index (χ2v) is 4.56. The Labute approximate surface area is 124 Å². The van der Waals surface area contributed by atoms with Crippen LogP contribution in [0.4, 0.5) is 5.69 Å². The van der Waals surface area contributed by atoms with Crippen LogP contribution in [0.3, 0.4) is 0 Å². The first kappa shape index (κ1) is 14.8. The molecule has 1 aromatic heterocycles. The SMILES string of the molecule is CCc1ccnc(CN=C(N)Nc2ccc(OC)cc2)c1. The highest BCUT2D eigenvalue weighted by Crippen LogP contribution is 2.14. The summed E-state index contributed by atoms with van der Waals surface area (Å²) in [5, 5.41) is 3.04. The number of guanidine groups is 1. The Morgan fingerprint density at radius 3 is 2.71 bits per heavy atom. The number of hydrogen-bond acceptors (Lipinski definition) is 3. The van der Waals surface area contributed by atoms with Gasteiger partial charge in [-0.1, -0.05) is 6.92 Å². The molecule has 0 atom stereocenters. The molecule has 0 amide bonds. The van der Waals surface area contributed by atoms with Crippen LogP contribution in [-0.2, 0) is 13.0 Å². The number of aromatic nitrogens is 1. The second kappa shape index (κ2) is 7.28. The van der Waals surface area contributed by atoms with Gasteiger partial charge in [0.15, 0.2) is 5.96 Å². The third kappa shape index (κ3) is 4.49. The molecule has 0 radical (unpaired) electrons. The summed E-state index contributed by atoms with van der Waals surface area (Å²) in [6.07, 6.45) is 2.79. The predicted octanol–water partition coefficient (Wildman–Crippen LogP) is 2.58. The van der Waals surface area contributed by atoms with Crippen LogP contribution >= 0.6 is 0 Å². The first-order valence-electron chi connectivity index (χ1n) is 6.86. The van der Waals surface area contributed by atoms with Gasteiger partial charge in [-0.15, -0.1) is 0 Å². The van der Waals surface area contributed by atoms with Crippen molar-refractivity contribution in [3.8, 4) is 5.75 Å². The van der Waals surface area contributed by atoms with Crippen LogP contribution in [-0.4, -0.2) is 18.1 Å². The number of anilines is 1. The van der Waals surface area contributed by atoms with Crippen LogP contribution in [0.25, 0.3) is 0 Å². The van der Waals surface area contributed by atoms with Gasteiger partial charge in [0.2, 0.25) is 0 Å². The summed E-state index contributed by atoms with van der Waals surface area (Å²) < 4.78 is 5.10. The molecule has 5 nitrogen and oxygen atoms in total. The molecule has 1 aromatic carbocycles. The van der Waals surface area contributed by atoms with Crippen LogP contribution in [0.1, 0.15) is 18.2 Å². The van der Waals surface area contributed by atoms with Gasteiger partial charge in [-0.3, -0.25) is 4.98 Å². The molecular weight excluding hydrogens is 264 g/mol. The molecule has 0 saturated carbocycles. The molecular formula is C16H20N4O. The number of aliphatic imine (C=N–C) groups is 1. The number of methoxy groups -OCH3 is 1. The van der Waals surface area contributed by atoms with E-state index in [9.17, 15) is 0 Å². The average Bonchev–Trinajstić information content (AvgIpc) is 2.54. The third-order valence-electron chi connectivity index (χ3n) is 3.06. The average molecular weight is 284 g/mol. The zero-order valence-corrected chi connectivity index (χ0v) is 12.3. The Hall–Kier alpha value is -2.56. The summed E-state index contributed by atoms with van der Waals surface area (Å²) in [5.41, 5.74) is 8.90. The van der Waals surface area contributed by atoms with Crippen molar-refractivity contribution in [2.24, 2.45) is 10.7 Å². The third-order valence-corrected chi connectivity index (χ3v) is 3.06. The zero-order chi connectivity index (χ0) is 15.1. The van der Waals surface area contributed by atoms with Gasteiger partial charge in [0.05, 0.1) is 19.3 Å². The van der Waals surface area contributed by atoms with Crippen molar-refractivity contribution < 1.29 is 4.74 Å². The van der Waals surface area contributed by atoms with Crippen molar-refractivity contribution >= 4 is 11.6 Å². The molecule has 5 heteroatoms. The van der Waals surface area contributed by atoms with Gasteiger partial charge in [0.1, 0.15) is 5.75 Å². The smallest absolute Gasteiger partial charge is 0.193 e. The van der Waals surface area contributed by atoms with Crippen molar-refractivity contribution in [2.75, 3.05) is 12.4 Å². The summed E-state index contributed by atoms with van der Waals surface area (Å²) >= 11 is 0. The van der Waals surface area contributed by atoms with E-state index in [0.29, 0.717) is 12.5 Å². The van der Waals surface area contributed by atoms with Crippen LogP contribution in [0, 0.1) is 0 Å². The highest BCUT2D eigenvalue weighted by molar-refractivity contribution is 5.92. The molecule has 1 heterocycles.